The van der Waals surface area contributed by atoms with Crippen LogP contribution in [-0.2, 0) is 19.4 Å². The number of carbonyl (C=O) groups excluding carboxylic acids is 1. The molecular weight excluding hydrogens is 341 g/mol. The average molecular weight is 363 g/mol. The number of aryl methyl sites for hydroxylation is 2. The van der Waals surface area contributed by atoms with Crippen molar-refractivity contribution in [3.8, 4) is 5.75 Å². The molecule has 3 N–H and O–H groups in total. The summed E-state index contributed by atoms with van der Waals surface area (Å²) < 4.78 is 19.1. The maximum atomic E-state index is 13.5. The fourth-order valence-corrected chi connectivity index (χ4v) is 3.90. The Kier molecular flexibility index (Phi) is 5.99. The molecule has 25 heavy (non-hydrogen) atoms. The summed E-state index contributed by atoms with van der Waals surface area (Å²) >= 11 is 1.65. The molecule has 0 saturated heterocycles. The van der Waals surface area contributed by atoms with E-state index in [1.165, 1.54) is 35.9 Å². The highest BCUT2D eigenvalue weighted by Gasteiger charge is 2.17. The summed E-state index contributed by atoms with van der Waals surface area (Å²) in [6.45, 7) is 1.23. The van der Waals surface area contributed by atoms with Crippen LogP contribution in [0, 0.1) is 5.82 Å². The third-order valence-electron chi connectivity index (χ3n) is 4.08. The number of ether oxygens (including phenoxy) is 1. The number of hydrogen-bond acceptors (Lipinski definition) is 5. The van der Waals surface area contributed by atoms with Crippen LogP contribution in [-0.4, -0.2) is 24.0 Å². The van der Waals surface area contributed by atoms with Crippen LogP contribution >= 0.6 is 11.3 Å². The molecule has 0 saturated carbocycles. The van der Waals surface area contributed by atoms with Gasteiger partial charge in [-0.15, -0.1) is 11.3 Å². The van der Waals surface area contributed by atoms with Gasteiger partial charge in [0, 0.05) is 4.88 Å². The molecule has 1 amide bonds. The molecule has 1 aliphatic carbocycles. The highest BCUT2D eigenvalue weighted by molar-refractivity contribution is 7.11. The van der Waals surface area contributed by atoms with Crippen molar-refractivity contribution in [1.82, 2.24) is 10.3 Å². The first kappa shape index (κ1) is 17.8. The van der Waals surface area contributed by atoms with Crippen LogP contribution in [0.1, 0.15) is 45.2 Å². The molecule has 0 spiro atoms. The molecule has 7 heteroatoms. The number of nitrogens with two attached hydrogens (primary N) is 1. The zero-order valence-electron chi connectivity index (χ0n) is 14.0. The van der Waals surface area contributed by atoms with Crippen molar-refractivity contribution in [2.75, 3.05) is 13.2 Å². The van der Waals surface area contributed by atoms with Crippen molar-refractivity contribution >= 4 is 17.2 Å². The second kappa shape index (κ2) is 8.40. The summed E-state index contributed by atoms with van der Waals surface area (Å²) in [6, 6.07) is 3.95. The molecule has 0 unspecified atom stereocenters. The van der Waals surface area contributed by atoms with Gasteiger partial charge in [-0.1, -0.05) is 0 Å². The largest absolute Gasteiger partial charge is 0.493 e. The molecule has 0 bridgehead atoms. The first-order chi connectivity index (χ1) is 12.2. The van der Waals surface area contributed by atoms with Crippen LogP contribution in [0.5, 0.6) is 5.75 Å². The minimum absolute atomic E-state index is 0.193. The molecule has 0 aliphatic heterocycles. The van der Waals surface area contributed by atoms with Gasteiger partial charge in [0.25, 0.3) is 5.91 Å². The number of rotatable bonds is 7. The fourth-order valence-electron chi connectivity index (χ4n) is 2.80. The quantitative estimate of drug-likeness (QED) is 0.742. The van der Waals surface area contributed by atoms with Crippen LogP contribution in [0.25, 0.3) is 0 Å². The second-order valence-electron chi connectivity index (χ2n) is 6.00. The van der Waals surface area contributed by atoms with Crippen molar-refractivity contribution in [2.24, 2.45) is 5.73 Å². The van der Waals surface area contributed by atoms with Gasteiger partial charge < -0.3 is 15.8 Å². The van der Waals surface area contributed by atoms with Crippen molar-refractivity contribution in [3.05, 3.63) is 45.2 Å². The molecule has 0 atom stereocenters. The molecular formula is C18H22FN3O2S. The number of carbonyl (C=O) groups is 1. The molecule has 1 aromatic carbocycles. The van der Waals surface area contributed by atoms with E-state index in [4.69, 9.17) is 10.5 Å². The van der Waals surface area contributed by atoms with E-state index in [1.807, 2.05) is 0 Å². The number of amides is 1. The summed E-state index contributed by atoms with van der Waals surface area (Å²) in [6.07, 6.45) is 5.14. The van der Waals surface area contributed by atoms with Crippen LogP contribution in [0.15, 0.2) is 18.2 Å². The topological polar surface area (TPSA) is 77.2 Å². The van der Waals surface area contributed by atoms with Gasteiger partial charge in [-0.2, -0.15) is 0 Å². The SMILES string of the molecule is NCCCOc1ccc(F)cc1C(=O)NCc1nc2c(s1)CCCC2. The molecule has 1 aromatic heterocycles. The Labute approximate surface area is 150 Å². The van der Waals surface area contributed by atoms with Gasteiger partial charge in [-0.05, 0) is 56.8 Å². The van der Waals surface area contributed by atoms with Crippen molar-refractivity contribution < 1.29 is 13.9 Å². The summed E-state index contributed by atoms with van der Waals surface area (Å²) in [5.74, 6) is -0.470. The van der Waals surface area contributed by atoms with E-state index in [2.05, 4.69) is 10.3 Å². The lowest BCUT2D eigenvalue weighted by atomic mass is 10.0. The number of nitrogens with one attached hydrogen (secondary N) is 1. The van der Waals surface area contributed by atoms with Gasteiger partial charge in [-0.25, -0.2) is 9.37 Å². The van der Waals surface area contributed by atoms with E-state index >= 15 is 0 Å². The molecule has 2 aromatic rings. The van der Waals surface area contributed by atoms with Crippen LogP contribution in [0.3, 0.4) is 0 Å². The zero-order valence-corrected chi connectivity index (χ0v) is 14.8. The molecule has 3 rings (SSSR count). The van der Waals surface area contributed by atoms with E-state index < -0.39 is 5.82 Å². The number of aromatic nitrogens is 1. The molecule has 0 radical (unpaired) electrons. The minimum atomic E-state index is -0.471. The average Bonchev–Trinajstić information content (AvgIpc) is 3.04. The van der Waals surface area contributed by atoms with Crippen LogP contribution in [0.4, 0.5) is 4.39 Å². The predicted octanol–water partition coefficient (Wildman–Crippen LogP) is 2.82. The lowest BCUT2D eigenvalue weighted by Gasteiger charge is -2.11. The standard InChI is InChI=1S/C18H22FN3O2S/c19-12-6-7-15(24-9-3-8-20)13(10-12)18(23)21-11-17-22-14-4-1-2-5-16(14)25-17/h6-7,10H,1-5,8-9,11,20H2,(H,21,23). The Morgan fingerprint density at radius 3 is 3.00 bits per heavy atom. The number of thiazole rings is 1. The van der Waals surface area contributed by atoms with E-state index in [0.717, 1.165) is 23.5 Å². The third kappa shape index (κ3) is 4.55. The number of fused-ring (bicyclic) bond motifs is 1. The van der Waals surface area contributed by atoms with E-state index in [9.17, 15) is 9.18 Å². The number of hydrogen-bond donors (Lipinski definition) is 2. The number of halogens is 1. The minimum Gasteiger partial charge on any atom is -0.493 e. The Morgan fingerprint density at radius 2 is 2.20 bits per heavy atom. The lowest BCUT2D eigenvalue weighted by Crippen LogP contribution is -2.24. The summed E-state index contributed by atoms with van der Waals surface area (Å²) in [4.78, 5) is 18.4. The summed E-state index contributed by atoms with van der Waals surface area (Å²) in [5.41, 5.74) is 6.80. The molecule has 1 aliphatic rings. The maximum Gasteiger partial charge on any atom is 0.255 e. The molecule has 1 heterocycles. The normalized spacial score (nSPS) is 13.4. The molecule has 5 nitrogen and oxygen atoms in total. The number of benzene rings is 1. The van der Waals surface area contributed by atoms with Crippen molar-refractivity contribution in [1.29, 1.82) is 0 Å². The van der Waals surface area contributed by atoms with Gasteiger partial charge in [0.15, 0.2) is 0 Å². The Morgan fingerprint density at radius 1 is 1.36 bits per heavy atom. The van der Waals surface area contributed by atoms with E-state index in [1.54, 1.807) is 11.3 Å². The summed E-state index contributed by atoms with van der Waals surface area (Å²) in [7, 11) is 0. The van der Waals surface area contributed by atoms with Crippen molar-refractivity contribution in [3.63, 3.8) is 0 Å². The lowest BCUT2D eigenvalue weighted by molar-refractivity contribution is 0.0946. The van der Waals surface area contributed by atoms with Crippen LogP contribution in [0.2, 0.25) is 0 Å². The van der Waals surface area contributed by atoms with Gasteiger partial charge in [0.2, 0.25) is 0 Å². The Balaban J connectivity index is 1.66. The van der Waals surface area contributed by atoms with E-state index in [0.29, 0.717) is 31.9 Å². The fraction of sp³-hybridized carbons (Fsp3) is 0.444. The molecule has 134 valence electrons. The monoisotopic (exact) mass is 363 g/mol. The van der Waals surface area contributed by atoms with Crippen molar-refractivity contribution in [2.45, 2.75) is 38.6 Å². The summed E-state index contributed by atoms with van der Waals surface area (Å²) in [5, 5.41) is 3.71. The van der Waals surface area contributed by atoms with Gasteiger partial charge in [0.1, 0.15) is 16.6 Å². The highest BCUT2D eigenvalue weighted by Crippen LogP contribution is 2.27. The predicted molar refractivity (Wildman–Crippen MR) is 95.5 cm³/mol. The van der Waals surface area contributed by atoms with Gasteiger partial charge >= 0.3 is 0 Å². The Bertz CT molecular complexity index is 724. The maximum absolute atomic E-state index is 13.5. The first-order valence-corrected chi connectivity index (χ1v) is 9.37. The highest BCUT2D eigenvalue weighted by atomic mass is 32.1. The van der Waals surface area contributed by atoms with E-state index in [-0.39, 0.29) is 11.5 Å². The van der Waals surface area contributed by atoms with Crippen LogP contribution < -0.4 is 15.8 Å². The second-order valence-corrected chi connectivity index (χ2v) is 7.17. The third-order valence-corrected chi connectivity index (χ3v) is 5.24. The molecule has 0 fully saturated rings. The van der Waals surface area contributed by atoms with Gasteiger partial charge in [0.05, 0.1) is 24.4 Å². The number of nitrogens with zero attached hydrogens (tertiary/aromatic N) is 1. The zero-order chi connectivity index (χ0) is 17.6. The Hall–Kier alpha value is -1.99. The first-order valence-electron chi connectivity index (χ1n) is 8.55. The smallest absolute Gasteiger partial charge is 0.255 e. The van der Waals surface area contributed by atoms with Gasteiger partial charge in [-0.3, -0.25) is 4.79 Å².